The van der Waals surface area contributed by atoms with Crippen molar-refractivity contribution in [2.75, 3.05) is 0 Å². The molecule has 0 bridgehead atoms. The molecule has 0 atom stereocenters. The van der Waals surface area contributed by atoms with Crippen molar-refractivity contribution >= 4 is 49.2 Å². The SMILES string of the molecule is O=C(C(=O)c1ccc(Br)c(CC(=O)C(c2ccccc2)c2ccccc2)c1)c1ccc(Br)cc1. The molecule has 4 rings (SSSR count). The van der Waals surface area contributed by atoms with Crippen LogP contribution in [0.2, 0.25) is 0 Å². The molecule has 4 aromatic rings. The van der Waals surface area contributed by atoms with Gasteiger partial charge in [-0.05, 0) is 59.2 Å². The maximum absolute atomic E-state index is 13.6. The summed E-state index contributed by atoms with van der Waals surface area (Å²) in [7, 11) is 0. The van der Waals surface area contributed by atoms with Crippen LogP contribution in [0.1, 0.15) is 43.3 Å². The number of halogens is 2. The average molecular weight is 576 g/mol. The summed E-state index contributed by atoms with van der Waals surface area (Å²) in [5.74, 6) is -1.62. The predicted molar refractivity (Wildman–Crippen MR) is 140 cm³/mol. The Morgan fingerprint density at radius 2 is 1.12 bits per heavy atom. The van der Waals surface area contributed by atoms with Crippen molar-refractivity contribution in [1.82, 2.24) is 0 Å². The third-order valence-corrected chi connectivity index (χ3v) is 6.88. The molecule has 5 heteroatoms. The predicted octanol–water partition coefficient (Wildman–Crippen LogP) is 7.22. The molecule has 0 unspecified atom stereocenters. The quantitative estimate of drug-likeness (QED) is 0.165. The van der Waals surface area contributed by atoms with Crippen LogP contribution < -0.4 is 0 Å². The molecule has 0 radical (unpaired) electrons. The van der Waals surface area contributed by atoms with E-state index in [4.69, 9.17) is 0 Å². The first-order chi connectivity index (χ1) is 16.4. The molecular formula is C29H20Br2O3. The standard InChI is InChI=1S/C29H20Br2O3/c30-24-14-11-21(12-15-24)28(33)29(34)22-13-16-25(31)23(17-22)18-26(32)27(19-7-3-1-4-8-19)20-9-5-2-6-10-20/h1-17,27H,18H2. The fourth-order valence-corrected chi connectivity index (χ4v) is 4.51. The second-order valence-electron chi connectivity index (χ2n) is 7.87. The smallest absolute Gasteiger partial charge is 0.233 e. The van der Waals surface area contributed by atoms with E-state index in [0.29, 0.717) is 15.6 Å². The fourth-order valence-electron chi connectivity index (χ4n) is 3.86. The summed E-state index contributed by atoms with van der Waals surface area (Å²) in [6.45, 7) is 0. The Kier molecular flexibility index (Phi) is 7.66. The van der Waals surface area contributed by atoms with E-state index in [0.717, 1.165) is 15.6 Å². The summed E-state index contributed by atoms with van der Waals surface area (Å²) in [4.78, 5) is 39.2. The van der Waals surface area contributed by atoms with Gasteiger partial charge in [0.15, 0.2) is 0 Å². The lowest BCUT2D eigenvalue weighted by atomic mass is 9.85. The van der Waals surface area contributed by atoms with E-state index in [-0.39, 0.29) is 17.8 Å². The number of benzene rings is 4. The molecule has 168 valence electrons. The minimum absolute atomic E-state index is 0.00179. The highest BCUT2D eigenvalue weighted by Crippen LogP contribution is 2.29. The molecular weight excluding hydrogens is 556 g/mol. The largest absolute Gasteiger partial charge is 0.298 e. The van der Waals surface area contributed by atoms with Gasteiger partial charge in [0.2, 0.25) is 11.6 Å². The maximum atomic E-state index is 13.6. The molecule has 34 heavy (non-hydrogen) atoms. The Morgan fingerprint density at radius 3 is 1.68 bits per heavy atom. The second kappa shape index (κ2) is 10.9. The number of carbonyl (C=O) groups excluding carboxylic acids is 3. The van der Waals surface area contributed by atoms with Gasteiger partial charge in [-0.25, -0.2) is 0 Å². The Morgan fingerprint density at radius 1 is 0.618 bits per heavy atom. The van der Waals surface area contributed by atoms with Gasteiger partial charge in [0, 0.05) is 26.5 Å². The van der Waals surface area contributed by atoms with Gasteiger partial charge in [-0.15, -0.1) is 0 Å². The van der Waals surface area contributed by atoms with Crippen molar-refractivity contribution in [3.8, 4) is 0 Å². The van der Waals surface area contributed by atoms with Crippen molar-refractivity contribution in [2.45, 2.75) is 12.3 Å². The molecule has 0 spiro atoms. The Balaban J connectivity index is 1.62. The van der Waals surface area contributed by atoms with Gasteiger partial charge >= 0.3 is 0 Å². The number of hydrogen-bond acceptors (Lipinski definition) is 3. The van der Waals surface area contributed by atoms with Crippen LogP contribution in [-0.4, -0.2) is 17.3 Å². The average Bonchev–Trinajstić information content (AvgIpc) is 2.86. The van der Waals surface area contributed by atoms with Gasteiger partial charge in [-0.1, -0.05) is 92.5 Å². The molecule has 0 saturated heterocycles. The molecule has 0 aliphatic rings. The molecule has 0 saturated carbocycles. The molecule has 0 aliphatic heterocycles. The maximum Gasteiger partial charge on any atom is 0.233 e. The van der Waals surface area contributed by atoms with Gasteiger partial charge < -0.3 is 0 Å². The molecule has 4 aromatic carbocycles. The molecule has 0 amide bonds. The topological polar surface area (TPSA) is 51.2 Å². The van der Waals surface area contributed by atoms with E-state index >= 15 is 0 Å². The number of Topliss-reactive ketones (excluding diaryl/α,β-unsaturated/α-hetero) is 3. The molecule has 0 aromatic heterocycles. The van der Waals surface area contributed by atoms with Crippen LogP contribution in [0.5, 0.6) is 0 Å². The Bertz CT molecular complexity index is 1290. The third-order valence-electron chi connectivity index (χ3n) is 5.57. The zero-order chi connectivity index (χ0) is 24.1. The van der Waals surface area contributed by atoms with Crippen LogP contribution in [0.4, 0.5) is 0 Å². The van der Waals surface area contributed by atoms with Gasteiger partial charge in [0.1, 0.15) is 5.78 Å². The van der Waals surface area contributed by atoms with Gasteiger partial charge in [0.05, 0.1) is 5.92 Å². The zero-order valence-corrected chi connectivity index (χ0v) is 21.3. The number of rotatable bonds is 8. The normalized spacial score (nSPS) is 10.8. The van der Waals surface area contributed by atoms with Crippen LogP contribution in [0.15, 0.2) is 112 Å². The van der Waals surface area contributed by atoms with Gasteiger partial charge in [-0.3, -0.25) is 14.4 Å². The Hall–Kier alpha value is -3.15. The monoisotopic (exact) mass is 574 g/mol. The minimum Gasteiger partial charge on any atom is -0.298 e. The molecule has 0 aliphatic carbocycles. The number of ketones is 3. The lowest BCUT2D eigenvalue weighted by molar-refractivity contribution is -0.119. The van der Waals surface area contributed by atoms with E-state index in [1.165, 1.54) is 0 Å². The number of carbonyl (C=O) groups is 3. The van der Waals surface area contributed by atoms with Crippen molar-refractivity contribution < 1.29 is 14.4 Å². The zero-order valence-electron chi connectivity index (χ0n) is 18.1. The summed E-state index contributed by atoms with van der Waals surface area (Å²) in [5, 5.41) is 0. The molecule has 0 fully saturated rings. The van der Waals surface area contributed by atoms with Crippen molar-refractivity contribution in [3.63, 3.8) is 0 Å². The summed E-state index contributed by atoms with van der Waals surface area (Å²) in [5.41, 5.74) is 3.06. The summed E-state index contributed by atoms with van der Waals surface area (Å²) >= 11 is 6.83. The molecule has 3 nitrogen and oxygen atoms in total. The van der Waals surface area contributed by atoms with Gasteiger partial charge in [0.25, 0.3) is 0 Å². The lowest BCUT2D eigenvalue weighted by Crippen LogP contribution is -2.18. The summed E-state index contributed by atoms with van der Waals surface area (Å²) in [6, 6.07) is 30.9. The van der Waals surface area contributed by atoms with E-state index in [2.05, 4.69) is 31.9 Å². The summed E-state index contributed by atoms with van der Waals surface area (Å²) < 4.78 is 1.54. The fraction of sp³-hybridized carbons (Fsp3) is 0.0690. The first-order valence-electron chi connectivity index (χ1n) is 10.7. The van der Waals surface area contributed by atoms with Crippen molar-refractivity contribution in [3.05, 3.63) is 140 Å². The second-order valence-corrected chi connectivity index (χ2v) is 9.64. The number of hydrogen-bond donors (Lipinski definition) is 0. The van der Waals surface area contributed by atoms with Crippen molar-refractivity contribution in [2.24, 2.45) is 0 Å². The van der Waals surface area contributed by atoms with E-state index < -0.39 is 17.5 Å². The van der Waals surface area contributed by atoms with Crippen LogP contribution in [0, 0.1) is 0 Å². The van der Waals surface area contributed by atoms with E-state index in [9.17, 15) is 14.4 Å². The lowest BCUT2D eigenvalue weighted by Gasteiger charge is -2.18. The van der Waals surface area contributed by atoms with Crippen LogP contribution in [0.3, 0.4) is 0 Å². The van der Waals surface area contributed by atoms with Crippen LogP contribution in [0.25, 0.3) is 0 Å². The van der Waals surface area contributed by atoms with E-state index in [1.807, 2.05) is 60.7 Å². The Labute approximate surface area is 215 Å². The highest BCUT2D eigenvalue weighted by molar-refractivity contribution is 9.10. The third kappa shape index (κ3) is 5.49. The first kappa shape index (κ1) is 24.0. The highest BCUT2D eigenvalue weighted by atomic mass is 79.9. The minimum atomic E-state index is -0.605. The first-order valence-corrected chi connectivity index (χ1v) is 12.3. The highest BCUT2D eigenvalue weighted by Gasteiger charge is 2.24. The van der Waals surface area contributed by atoms with Crippen LogP contribution >= 0.6 is 31.9 Å². The summed E-state index contributed by atoms with van der Waals surface area (Å²) in [6.07, 6.45) is 0.114. The molecule has 0 N–H and O–H groups in total. The molecule has 0 heterocycles. The van der Waals surface area contributed by atoms with Crippen LogP contribution in [-0.2, 0) is 11.2 Å². The van der Waals surface area contributed by atoms with Gasteiger partial charge in [-0.2, -0.15) is 0 Å². The van der Waals surface area contributed by atoms with Crippen molar-refractivity contribution in [1.29, 1.82) is 0 Å². The van der Waals surface area contributed by atoms with E-state index in [1.54, 1.807) is 42.5 Å².